The number of nitrogens with one attached hydrogen (secondary N) is 1. The van der Waals surface area contributed by atoms with Crippen LogP contribution in [0.1, 0.15) is 56.6 Å². The van der Waals surface area contributed by atoms with Crippen molar-refractivity contribution in [3.05, 3.63) is 54.4 Å². The molecule has 2 atom stereocenters. The van der Waals surface area contributed by atoms with Gasteiger partial charge in [0.25, 0.3) is 0 Å². The van der Waals surface area contributed by atoms with Gasteiger partial charge in [-0.2, -0.15) is 4.98 Å². The summed E-state index contributed by atoms with van der Waals surface area (Å²) in [5.41, 5.74) is 3.53. The second kappa shape index (κ2) is 12.8. The first-order valence-corrected chi connectivity index (χ1v) is 18.2. The molecule has 5 heterocycles. The Bertz CT molecular complexity index is 1730. The maximum atomic E-state index is 12.3. The SMILES string of the molecule is C=CC(=O)N1CC(c2cc(N3C[C@H](CS(C)(=O)=O)[C@H]3C)c3cnc(Nc4ccnc(N5CCC(OC)CC5)n4)cc3c2C(C)C)C1. The highest BCUT2D eigenvalue weighted by molar-refractivity contribution is 7.90. The molecule has 0 radical (unpaired) electrons. The van der Waals surface area contributed by atoms with Crippen LogP contribution >= 0.6 is 0 Å². The number of methoxy groups -OCH3 is 1. The Hall–Kier alpha value is -3.77. The average Bonchev–Trinajstić information content (AvgIpc) is 3.01. The summed E-state index contributed by atoms with van der Waals surface area (Å²) < 4.78 is 29.7. The molecule has 0 saturated carbocycles. The molecule has 3 aromatic rings. The van der Waals surface area contributed by atoms with E-state index in [2.05, 4.69) is 59.6 Å². The second-order valence-corrected chi connectivity index (χ2v) is 15.5. The van der Waals surface area contributed by atoms with Gasteiger partial charge in [0.1, 0.15) is 21.5 Å². The van der Waals surface area contributed by atoms with E-state index in [1.807, 2.05) is 17.2 Å². The van der Waals surface area contributed by atoms with Gasteiger partial charge in [-0.05, 0) is 66.5 Å². The fourth-order valence-corrected chi connectivity index (χ4v) is 8.35. The smallest absolute Gasteiger partial charge is 0.245 e. The Morgan fingerprint density at radius 2 is 1.87 bits per heavy atom. The summed E-state index contributed by atoms with van der Waals surface area (Å²) in [5, 5.41) is 5.56. The summed E-state index contributed by atoms with van der Waals surface area (Å²) >= 11 is 0. The number of amides is 1. The fraction of sp³-hybridized carbons (Fsp3) is 0.529. The van der Waals surface area contributed by atoms with Gasteiger partial charge in [-0.1, -0.05) is 20.4 Å². The minimum Gasteiger partial charge on any atom is -0.381 e. The van der Waals surface area contributed by atoms with Crippen molar-refractivity contribution < 1.29 is 17.9 Å². The van der Waals surface area contributed by atoms with E-state index in [0.29, 0.717) is 37.2 Å². The first-order chi connectivity index (χ1) is 22.0. The van der Waals surface area contributed by atoms with Gasteiger partial charge >= 0.3 is 0 Å². The summed E-state index contributed by atoms with van der Waals surface area (Å²) in [7, 11) is -1.31. The molecule has 0 bridgehead atoms. The Labute approximate surface area is 272 Å². The Kier molecular flexibility index (Phi) is 8.95. The first kappa shape index (κ1) is 32.2. The lowest BCUT2D eigenvalue weighted by Crippen LogP contribution is -2.57. The summed E-state index contributed by atoms with van der Waals surface area (Å²) in [6.45, 7) is 13.8. The molecule has 3 aliphatic rings. The largest absolute Gasteiger partial charge is 0.381 e. The average molecular weight is 648 g/mol. The van der Waals surface area contributed by atoms with E-state index in [1.54, 1.807) is 13.3 Å². The van der Waals surface area contributed by atoms with E-state index >= 15 is 0 Å². The maximum absolute atomic E-state index is 12.3. The fourth-order valence-electron chi connectivity index (χ4n) is 7.19. The number of carbonyl (C=O) groups is 1. The Morgan fingerprint density at radius 1 is 1.13 bits per heavy atom. The number of hydrogen-bond donors (Lipinski definition) is 1. The van der Waals surface area contributed by atoms with Crippen molar-refractivity contribution in [2.45, 2.75) is 57.6 Å². The highest BCUT2D eigenvalue weighted by atomic mass is 32.2. The van der Waals surface area contributed by atoms with Gasteiger partial charge in [-0.25, -0.2) is 18.4 Å². The summed E-state index contributed by atoms with van der Waals surface area (Å²) in [4.78, 5) is 32.8. The zero-order chi connectivity index (χ0) is 32.7. The number of aromatic nitrogens is 3. The van der Waals surface area contributed by atoms with Gasteiger partial charge in [0.2, 0.25) is 11.9 Å². The molecule has 3 fully saturated rings. The molecule has 0 unspecified atom stereocenters. The lowest BCUT2D eigenvalue weighted by atomic mass is 9.80. The van der Waals surface area contributed by atoms with Crippen LogP contribution in [0.4, 0.5) is 23.3 Å². The summed E-state index contributed by atoms with van der Waals surface area (Å²) in [6.07, 6.45) is 8.54. The Morgan fingerprint density at radius 3 is 2.50 bits per heavy atom. The third kappa shape index (κ3) is 6.42. The number of benzene rings is 1. The third-order valence-corrected chi connectivity index (χ3v) is 10.9. The number of pyridine rings is 1. The molecule has 6 rings (SSSR count). The van der Waals surface area contributed by atoms with Crippen molar-refractivity contribution in [3.63, 3.8) is 0 Å². The number of hydrogen-bond acceptors (Lipinski definition) is 10. The van der Waals surface area contributed by atoms with Gasteiger partial charge in [0, 0.05) is 87.4 Å². The van der Waals surface area contributed by atoms with Crippen LogP contribution in [0.25, 0.3) is 10.8 Å². The molecule has 1 N–H and O–H groups in total. The predicted molar refractivity (Wildman–Crippen MR) is 183 cm³/mol. The van der Waals surface area contributed by atoms with Crippen molar-refractivity contribution in [1.29, 1.82) is 0 Å². The topological polar surface area (TPSA) is 121 Å². The van der Waals surface area contributed by atoms with Crippen molar-refractivity contribution in [2.24, 2.45) is 5.92 Å². The maximum Gasteiger partial charge on any atom is 0.245 e. The Balaban J connectivity index is 1.35. The molecule has 1 aromatic carbocycles. The van der Waals surface area contributed by atoms with Gasteiger partial charge in [-0.15, -0.1) is 0 Å². The molecule has 2 aromatic heterocycles. The lowest BCUT2D eigenvalue weighted by Gasteiger charge is -2.49. The summed E-state index contributed by atoms with van der Waals surface area (Å²) in [5.74, 6) is 2.66. The molecular weight excluding hydrogens is 602 g/mol. The van der Waals surface area contributed by atoms with E-state index in [-0.39, 0.29) is 41.6 Å². The van der Waals surface area contributed by atoms with E-state index < -0.39 is 9.84 Å². The molecular formula is C34H45N7O4S. The zero-order valence-corrected chi connectivity index (χ0v) is 28.3. The molecule has 246 valence electrons. The van der Waals surface area contributed by atoms with Gasteiger partial charge in [-0.3, -0.25) is 4.79 Å². The lowest BCUT2D eigenvalue weighted by molar-refractivity contribution is -0.130. The molecule has 1 amide bonds. The molecule has 11 nitrogen and oxygen atoms in total. The second-order valence-electron chi connectivity index (χ2n) is 13.3. The number of rotatable bonds is 10. The van der Waals surface area contributed by atoms with Crippen LogP contribution in [0.5, 0.6) is 0 Å². The van der Waals surface area contributed by atoms with Crippen molar-refractivity contribution >= 4 is 49.8 Å². The van der Waals surface area contributed by atoms with Crippen molar-refractivity contribution in [3.8, 4) is 0 Å². The molecule has 3 aliphatic heterocycles. The molecule has 3 saturated heterocycles. The molecule has 12 heteroatoms. The standard InChI is InChI=1S/C34H45N7O4S/c1-7-32(42)40-17-23(18-40)26-14-29(41-19-24(22(41)4)20-46(6,43)44)28-16-36-31(15-27(28)33(26)21(2)3)37-30-8-11-35-34(38-30)39-12-9-25(45-5)10-13-39/h7-8,11,14-16,21-25H,1,9-10,12-13,17-20H2,2-6H3,(H,35,36,37,38)/t22-,24-/m1/s1. The van der Waals surface area contributed by atoms with Crippen LogP contribution < -0.4 is 15.1 Å². The number of likely N-dealkylation sites (tertiary alicyclic amines) is 1. The number of piperidine rings is 1. The number of carbonyl (C=O) groups excluding carboxylic acids is 1. The number of anilines is 4. The van der Waals surface area contributed by atoms with Crippen LogP contribution in [0.3, 0.4) is 0 Å². The van der Waals surface area contributed by atoms with Gasteiger partial charge in [0.05, 0.1) is 11.9 Å². The van der Waals surface area contributed by atoms with E-state index in [4.69, 9.17) is 14.7 Å². The third-order valence-electron chi connectivity index (χ3n) is 9.85. The number of fused-ring (bicyclic) bond motifs is 1. The number of sulfone groups is 1. The van der Waals surface area contributed by atoms with E-state index in [1.165, 1.54) is 23.5 Å². The van der Waals surface area contributed by atoms with Crippen LogP contribution in [-0.4, -0.2) is 98.2 Å². The minimum absolute atomic E-state index is 0.0497. The van der Waals surface area contributed by atoms with Crippen LogP contribution in [-0.2, 0) is 19.4 Å². The molecule has 0 aliphatic carbocycles. The molecule has 46 heavy (non-hydrogen) atoms. The van der Waals surface area contributed by atoms with Crippen LogP contribution in [0.15, 0.2) is 43.2 Å². The van der Waals surface area contributed by atoms with Crippen LogP contribution in [0, 0.1) is 5.92 Å². The van der Waals surface area contributed by atoms with Gasteiger partial charge < -0.3 is 24.8 Å². The monoisotopic (exact) mass is 647 g/mol. The van der Waals surface area contributed by atoms with Crippen molar-refractivity contribution in [2.75, 3.05) is 67.0 Å². The highest BCUT2D eigenvalue weighted by Crippen LogP contribution is 2.45. The molecule has 0 spiro atoms. The zero-order valence-electron chi connectivity index (χ0n) is 27.4. The van der Waals surface area contributed by atoms with Crippen molar-refractivity contribution in [1.82, 2.24) is 19.9 Å². The summed E-state index contributed by atoms with van der Waals surface area (Å²) in [6, 6.07) is 6.30. The van der Waals surface area contributed by atoms with Crippen LogP contribution in [0.2, 0.25) is 0 Å². The quantitative estimate of drug-likeness (QED) is 0.315. The number of ether oxygens (including phenoxy) is 1. The van der Waals surface area contributed by atoms with E-state index in [0.717, 1.165) is 42.4 Å². The number of nitrogens with zero attached hydrogens (tertiary/aromatic N) is 6. The minimum atomic E-state index is -3.08. The predicted octanol–water partition coefficient (Wildman–Crippen LogP) is 4.49. The highest BCUT2D eigenvalue weighted by Gasteiger charge is 2.40. The van der Waals surface area contributed by atoms with Gasteiger partial charge in [0.15, 0.2) is 0 Å². The first-order valence-electron chi connectivity index (χ1n) is 16.2. The van der Waals surface area contributed by atoms with E-state index in [9.17, 15) is 13.2 Å². The normalized spacial score (nSPS) is 21.0.